The third-order valence-electron chi connectivity index (χ3n) is 2.21. The van der Waals surface area contributed by atoms with Crippen LogP contribution in [0.25, 0.3) is 0 Å². The van der Waals surface area contributed by atoms with E-state index in [1.807, 2.05) is 7.05 Å². The summed E-state index contributed by atoms with van der Waals surface area (Å²) in [5.41, 5.74) is 11.0. The third kappa shape index (κ3) is 1.63. The molecule has 1 fully saturated rings. The van der Waals surface area contributed by atoms with Crippen LogP contribution < -0.4 is 16.4 Å². The van der Waals surface area contributed by atoms with Crippen LogP contribution in [0.15, 0.2) is 6.07 Å². The standard InChI is InChI=1S/C8H13N5/c1-13(5-2-3-5)7-4-6(9)11-8(10)12-7/h4-5H,2-3H2,1H3,(H4,9,10,11,12). The van der Waals surface area contributed by atoms with Crippen LogP contribution in [-0.4, -0.2) is 23.1 Å². The van der Waals surface area contributed by atoms with Crippen molar-refractivity contribution in [2.75, 3.05) is 23.4 Å². The van der Waals surface area contributed by atoms with Gasteiger partial charge in [-0.3, -0.25) is 0 Å². The van der Waals surface area contributed by atoms with E-state index in [1.54, 1.807) is 6.07 Å². The molecule has 0 bridgehead atoms. The summed E-state index contributed by atoms with van der Waals surface area (Å²) in [6.45, 7) is 0. The number of nitrogens with zero attached hydrogens (tertiary/aromatic N) is 3. The lowest BCUT2D eigenvalue weighted by Crippen LogP contribution is -2.21. The van der Waals surface area contributed by atoms with E-state index in [0.29, 0.717) is 11.9 Å². The molecule has 13 heavy (non-hydrogen) atoms. The van der Waals surface area contributed by atoms with Crippen molar-refractivity contribution in [1.82, 2.24) is 9.97 Å². The van der Waals surface area contributed by atoms with E-state index in [9.17, 15) is 0 Å². The van der Waals surface area contributed by atoms with Crippen molar-refractivity contribution in [3.8, 4) is 0 Å². The van der Waals surface area contributed by atoms with Gasteiger partial charge in [-0.2, -0.15) is 9.97 Å². The molecule has 1 saturated carbocycles. The van der Waals surface area contributed by atoms with Gasteiger partial charge in [0.05, 0.1) is 0 Å². The second kappa shape index (κ2) is 2.76. The molecule has 1 aromatic heterocycles. The Morgan fingerprint density at radius 1 is 1.38 bits per heavy atom. The fourth-order valence-corrected chi connectivity index (χ4v) is 1.30. The summed E-state index contributed by atoms with van der Waals surface area (Å²) in [7, 11) is 2.00. The van der Waals surface area contributed by atoms with Gasteiger partial charge in [0, 0.05) is 19.2 Å². The van der Waals surface area contributed by atoms with Crippen molar-refractivity contribution in [2.45, 2.75) is 18.9 Å². The first-order valence-corrected chi connectivity index (χ1v) is 4.29. The Morgan fingerprint density at radius 2 is 2.08 bits per heavy atom. The van der Waals surface area contributed by atoms with Crippen molar-refractivity contribution in [3.63, 3.8) is 0 Å². The van der Waals surface area contributed by atoms with E-state index in [-0.39, 0.29) is 5.95 Å². The maximum Gasteiger partial charge on any atom is 0.223 e. The highest BCUT2D eigenvalue weighted by atomic mass is 15.2. The van der Waals surface area contributed by atoms with Gasteiger partial charge in [0.15, 0.2) is 0 Å². The zero-order chi connectivity index (χ0) is 9.42. The van der Waals surface area contributed by atoms with Gasteiger partial charge in [0.25, 0.3) is 0 Å². The van der Waals surface area contributed by atoms with Gasteiger partial charge in [-0.15, -0.1) is 0 Å². The van der Waals surface area contributed by atoms with E-state index in [4.69, 9.17) is 11.5 Å². The molecule has 70 valence electrons. The minimum atomic E-state index is 0.238. The minimum absolute atomic E-state index is 0.238. The molecule has 0 radical (unpaired) electrons. The molecule has 0 saturated heterocycles. The molecule has 1 aromatic rings. The largest absolute Gasteiger partial charge is 0.383 e. The predicted octanol–water partition coefficient (Wildman–Crippen LogP) is 0.240. The second-order valence-corrected chi connectivity index (χ2v) is 3.35. The van der Waals surface area contributed by atoms with Gasteiger partial charge >= 0.3 is 0 Å². The summed E-state index contributed by atoms with van der Waals surface area (Å²) in [5.74, 6) is 1.48. The summed E-state index contributed by atoms with van der Waals surface area (Å²) in [6.07, 6.45) is 2.45. The average Bonchev–Trinajstić information content (AvgIpc) is 2.83. The first kappa shape index (κ1) is 8.10. The van der Waals surface area contributed by atoms with Gasteiger partial charge in [-0.05, 0) is 12.8 Å². The molecular formula is C8H13N5. The van der Waals surface area contributed by atoms with E-state index in [1.165, 1.54) is 12.8 Å². The van der Waals surface area contributed by atoms with Crippen molar-refractivity contribution < 1.29 is 0 Å². The van der Waals surface area contributed by atoms with Gasteiger partial charge in [-0.1, -0.05) is 0 Å². The molecule has 0 amide bonds. The molecule has 4 N–H and O–H groups in total. The maximum atomic E-state index is 5.56. The van der Waals surface area contributed by atoms with Crippen LogP contribution in [0.3, 0.4) is 0 Å². The molecule has 1 aliphatic carbocycles. The van der Waals surface area contributed by atoms with Crippen LogP contribution in [0.2, 0.25) is 0 Å². The summed E-state index contributed by atoms with van der Waals surface area (Å²) >= 11 is 0. The predicted molar refractivity (Wildman–Crippen MR) is 52.3 cm³/mol. The summed E-state index contributed by atoms with van der Waals surface area (Å²) in [5, 5.41) is 0. The Morgan fingerprint density at radius 3 is 2.62 bits per heavy atom. The quantitative estimate of drug-likeness (QED) is 0.679. The molecule has 0 aromatic carbocycles. The molecule has 0 aliphatic heterocycles. The van der Waals surface area contributed by atoms with Crippen molar-refractivity contribution in [3.05, 3.63) is 6.07 Å². The molecule has 5 heteroatoms. The molecule has 1 heterocycles. The first-order chi connectivity index (χ1) is 6.16. The Kier molecular flexibility index (Phi) is 1.72. The van der Waals surface area contributed by atoms with Crippen LogP contribution in [0.4, 0.5) is 17.6 Å². The third-order valence-corrected chi connectivity index (χ3v) is 2.21. The highest BCUT2D eigenvalue weighted by Crippen LogP contribution is 2.29. The summed E-state index contributed by atoms with van der Waals surface area (Å²) < 4.78 is 0. The smallest absolute Gasteiger partial charge is 0.223 e. The minimum Gasteiger partial charge on any atom is -0.383 e. The monoisotopic (exact) mass is 179 g/mol. The van der Waals surface area contributed by atoms with Crippen LogP contribution in [-0.2, 0) is 0 Å². The molecule has 0 unspecified atom stereocenters. The number of hydrogen-bond acceptors (Lipinski definition) is 5. The number of anilines is 3. The topological polar surface area (TPSA) is 81.1 Å². The fraction of sp³-hybridized carbons (Fsp3) is 0.500. The maximum absolute atomic E-state index is 5.56. The molecule has 0 spiro atoms. The highest BCUT2D eigenvalue weighted by molar-refractivity contribution is 5.51. The van der Waals surface area contributed by atoms with Crippen LogP contribution in [0, 0.1) is 0 Å². The van der Waals surface area contributed by atoms with E-state index >= 15 is 0 Å². The first-order valence-electron chi connectivity index (χ1n) is 4.29. The lowest BCUT2D eigenvalue weighted by molar-refractivity contribution is 0.889. The van der Waals surface area contributed by atoms with E-state index in [2.05, 4.69) is 14.9 Å². The second-order valence-electron chi connectivity index (χ2n) is 3.35. The summed E-state index contributed by atoms with van der Waals surface area (Å²) in [6, 6.07) is 2.35. The Balaban J connectivity index is 2.27. The van der Waals surface area contributed by atoms with Crippen LogP contribution in [0.5, 0.6) is 0 Å². The number of aromatic nitrogens is 2. The number of nitrogens with two attached hydrogens (primary N) is 2. The molecular weight excluding hydrogens is 166 g/mol. The number of rotatable bonds is 2. The van der Waals surface area contributed by atoms with Crippen molar-refractivity contribution in [1.29, 1.82) is 0 Å². The van der Waals surface area contributed by atoms with Crippen LogP contribution >= 0.6 is 0 Å². The Labute approximate surface area is 76.8 Å². The molecule has 2 rings (SSSR count). The average molecular weight is 179 g/mol. The van der Waals surface area contributed by atoms with Crippen molar-refractivity contribution >= 4 is 17.6 Å². The Hall–Kier alpha value is -1.52. The van der Waals surface area contributed by atoms with E-state index in [0.717, 1.165) is 5.82 Å². The zero-order valence-electron chi connectivity index (χ0n) is 7.57. The van der Waals surface area contributed by atoms with Crippen LogP contribution in [0.1, 0.15) is 12.8 Å². The lowest BCUT2D eigenvalue weighted by atomic mass is 10.4. The SMILES string of the molecule is CN(c1cc(N)nc(N)n1)C1CC1. The molecule has 1 aliphatic rings. The van der Waals surface area contributed by atoms with Gasteiger partial charge in [0.2, 0.25) is 5.95 Å². The number of hydrogen-bond donors (Lipinski definition) is 2. The zero-order valence-corrected chi connectivity index (χ0v) is 7.57. The van der Waals surface area contributed by atoms with Gasteiger partial charge in [-0.25, -0.2) is 0 Å². The lowest BCUT2D eigenvalue weighted by Gasteiger charge is -2.17. The summed E-state index contributed by atoms with van der Waals surface area (Å²) in [4.78, 5) is 10.0. The van der Waals surface area contributed by atoms with E-state index < -0.39 is 0 Å². The normalized spacial score (nSPS) is 15.8. The molecule has 0 atom stereocenters. The van der Waals surface area contributed by atoms with Crippen molar-refractivity contribution in [2.24, 2.45) is 0 Å². The van der Waals surface area contributed by atoms with Gasteiger partial charge in [0.1, 0.15) is 11.6 Å². The highest BCUT2D eigenvalue weighted by Gasteiger charge is 2.27. The Bertz CT molecular complexity index is 300. The van der Waals surface area contributed by atoms with Gasteiger partial charge < -0.3 is 16.4 Å². The number of nitrogen functional groups attached to an aromatic ring is 2. The molecule has 5 nitrogen and oxygen atoms in total. The fourth-order valence-electron chi connectivity index (χ4n) is 1.30.